The highest BCUT2D eigenvalue weighted by molar-refractivity contribution is 5.88. The summed E-state index contributed by atoms with van der Waals surface area (Å²) in [6.45, 7) is 0.302. The molecule has 2 aromatic rings. The number of carbonyl (C=O) groups excluding carboxylic acids is 3. The van der Waals surface area contributed by atoms with E-state index in [1.54, 1.807) is 6.20 Å². The van der Waals surface area contributed by atoms with E-state index in [1.165, 1.54) is 11.2 Å². The van der Waals surface area contributed by atoms with Crippen molar-refractivity contribution in [3.8, 4) is 0 Å². The molecule has 0 bridgehead atoms. The van der Waals surface area contributed by atoms with E-state index < -0.39 is 54.0 Å². The van der Waals surface area contributed by atoms with Crippen LogP contribution in [-0.2, 0) is 36.8 Å². The van der Waals surface area contributed by atoms with Crippen molar-refractivity contribution in [2.75, 3.05) is 26.2 Å². The molecule has 15 nitrogen and oxygen atoms in total. The highest BCUT2D eigenvalue weighted by Gasteiger charge is 2.38. The van der Waals surface area contributed by atoms with Gasteiger partial charge in [-0.1, -0.05) is 36.8 Å². The number of nitrogens with one attached hydrogen (secondary N) is 5. The van der Waals surface area contributed by atoms with Crippen LogP contribution in [0.1, 0.15) is 49.8 Å². The minimum Gasteiger partial charge on any atom is -0.480 e. The van der Waals surface area contributed by atoms with E-state index in [4.69, 9.17) is 5.73 Å². The lowest BCUT2D eigenvalue weighted by molar-refractivity contribution is -0.149. The average molecular weight is 629 g/mol. The molecule has 3 rings (SSSR count). The molecule has 0 radical (unpaired) electrons. The molecule has 1 aromatic carbocycles. The van der Waals surface area contributed by atoms with Gasteiger partial charge in [-0.15, -0.1) is 0 Å². The van der Waals surface area contributed by atoms with Crippen molar-refractivity contribution in [3.05, 3.63) is 54.1 Å². The summed E-state index contributed by atoms with van der Waals surface area (Å²) in [6.07, 6.45) is 6.13. The first kappa shape index (κ1) is 35.1. The Morgan fingerprint density at radius 1 is 1.04 bits per heavy atom. The number of carboxylic acids is 2. The molecule has 1 aliphatic heterocycles. The number of H-pyrrole nitrogens is 1. The first-order valence-corrected chi connectivity index (χ1v) is 15.2. The summed E-state index contributed by atoms with van der Waals surface area (Å²) >= 11 is 0. The number of carbonyl (C=O) groups is 5. The summed E-state index contributed by atoms with van der Waals surface area (Å²) in [7, 11) is 0. The minimum atomic E-state index is -1.08. The Hall–Kier alpha value is -4.34. The quantitative estimate of drug-likeness (QED) is 0.0678. The fourth-order valence-corrected chi connectivity index (χ4v) is 5.28. The summed E-state index contributed by atoms with van der Waals surface area (Å²) in [5.41, 5.74) is 7.02. The van der Waals surface area contributed by atoms with E-state index in [0.29, 0.717) is 58.0 Å². The Labute approximate surface area is 261 Å². The van der Waals surface area contributed by atoms with Gasteiger partial charge in [0.05, 0.1) is 31.6 Å². The van der Waals surface area contributed by atoms with E-state index in [2.05, 4.69) is 31.2 Å². The highest BCUT2D eigenvalue weighted by Crippen LogP contribution is 2.20. The van der Waals surface area contributed by atoms with Gasteiger partial charge >= 0.3 is 11.9 Å². The Kier molecular flexibility index (Phi) is 14.4. The van der Waals surface area contributed by atoms with Gasteiger partial charge in [-0.25, -0.2) is 9.78 Å². The van der Waals surface area contributed by atoms with Crippen molar-refractivity contribution in [1.29, 1.82) is 0 Å². The molecule has 9 N–H and O–H groups in total. The maximum Gasteiger partial charge on any atom is 0.326 e. The smallest absolute Gasteiger partial charge is 0.326 e. The SMILES string of the molecule is NCC(=O)NCC(=O)NC(Cc1cnc[nH]1)NCCCC[C@H](N[C@@H](CCc1ccccc1)C(=O)O)C(=O)N1CCC[C@H]1C(=O)O. The molecule has 1 aliphatic rings. The molecule has 4 atom stereocenters. The fraction of sp³-hybridized carbons (Fsp3) is 0.533. The minimum absolute atomic E-state index is 0.226. The van der Waals surface area contributed by atoms with Crippen molar-refractivity contribution in [3.63, 3.8) is 0 Å². The van der Waals surface area contributed by atoms with Gasteiger partial charge in [0.15, 0.2) is 0 Å². The van der Waals surface area contributed by atoms with Gasteiger partial charge in [0.1, 0.15) is 12.1 Å². The number of hydrogen-bond acceptors (Lipinski definition) is 9. The maximum absolute atomic E-state index is 13.6. The number of benzene rings is 1. The van der Waals surface area contributed by atoms with Crippen molar-refractivity contribution < 1.29 is 34.2 Å². The van der Waals surface area contributed by atoms with Crippen molar-refractivity contribution in [2.24, 2.45) is 5.73 Å². The third kappa shape index (κ3) is 11.9. The number of nitrogens with zero attached hydrogens (tertiary/aromatic N) is 2. The van der Waals surface area contributed by atoms with Gasteiger partial charge in [-0.05, 0) is 50.6 Å². The number of nitrogens with two attached hydrogens (primary N) is 1. The molecule has 0 saturated carbocycles. The number of rotatable bonds is 20. The van der Waals surface area contributed by atoms with E-state index in [-0.39, 0.29) is 19.5 Å². The largest absolute Gasteiger partial charge is 0.480 e. The van der Waals surface area contributed by atoms with Crippen LogP contribution in [0.15, 0.2) is 42.9 Å². The first-order valence-electron chi connectivity index (χ1n) is 15.2. The third-order valence-electron chi connectivity index (χ3n) is 7.64. The van der Waals surface area contributed by atoms with Gasteiger partial charge in [-0.3, -0.25) is 29.8 Å². The lowest BCUT2D eigenvalue weighted by atomic mass is 10.0. The number of unbranched alkanes of at least 4 members (excludes halogenated alkanes) is 1. The number of likely N-dealkylation sites (tertiary alicyclic amines) is 1. The van der Waals surface area contributed by atoms with Crippen LogP contribution in [0.3, 0.4) is 0 Å². The molecule has 2 heterocycles. The molecule has 1 fully saturated rings. The second kappa shape index (κ2) is 18.5. The van der Waals surface area contributed by atoms with Crippen LogP contribution >= 0.6 is 0 Å². The van der Waals surface area contributed by atoms with Gasteiger partial charge < -0.3 is 36.5 Å². The summed E-state index contributed by atoms with van der Waals surface area (Å²) in [5.74, 6) is -3.42. The molecule has 45 heavy (non-hydrogen) atoms. The number of imidazole rings is 1. The molecule has 1 unspecified atom stereocenters. The van der Waals surface area contributed by atoms with Gasteiger partial charge in [0.2, 0.25) is 17.7 Å². The molecular formula is C30H44N8O7. The summed E-state index contributed by atoms with van der Waals surface area (Å²) in [5, 5.41) is 31.1. The molecule has 15 heteroatoms. The van der Waals surface area contributed by atoms with Crippen molar-refractivity contribution >= 4 is 29.7 Å². The van der Waals surface area contributed by atoms with Crippen molar-refractivity contribution in [2.45, 2.75) is 75.7 Å². The fourth-order valence-electron chi connectivity index (χ4n) is 5.28. The lowest BCUT2D eigenvalue weighted by Crippen LogP contribution is -2.54. The summed E-state index contributed by atoms with van der Waals surface area (Å²) < 4.78 is 0. The topological polar surface area (TPSA) is 232 Å². The Bertz CT molecular complexity index is 1240. The van der Waals surface area contributed by atoms with E-state index in [0.717, 1.165) is 11.3 Å². The monoisotopic (exact) mass is 628 g/mol. The zero-order valence-corrected chi connectivity index (χ0v) is 25.2. The number of amides is 3. The van der Waals surface area contributed by atoms with Crippen LogP contribution in [0.25, 0.3) is 0 Å². The van der Waals surface area contributed by atoms with E-state index >= 15 is 0 Å². The number of aromatic nitrogens is 2. The molecule has 1 aromatic heterocycles. The third-order valence-corrected chi connectivity index (χ3v) is 7.64. The normalized spacial score (nSPS) is 16.5. The number of aliphatic carboxylic acids is 2. The predicted octanol–water partition coefficient (Wildman–Crippen LogP) is -0.651. The molecular weight excluding hydrogens is 584 g/mol. The number of aromatic amines is 1. The van der Waals surface area contributed by atoms with E-state index in [1.807, 2.05) is 30.3 Å². The average Bonchev–Trinajstić information content (AvgIpc) is 3.73. The van der Waals surface area contributed by atoms with E-state index in [9.17, 15) is 34.2 Å². The second-order valence-corrected chi connectivity index (χ2v) is 11.0. The van der Waals surface area contributed by atoms with Gasteiger partial charge in [-0.2, -0.15) is 0 Å². The molecule has 3 amide bonds. The highest BCUT2D eigenvalue weighted by atomic mass is 16.4. The maximum atomic E-state index is 13.6. The Balaban J connectivity index is 1.60. The molecule has 246 valence electrons. The van der Waals surface area contributed by atoms with Crippen LogP contribution in [0.2, 0.25) is 0 Å². The summed E-state index contributed by atoms with van der Waals surface area (Å²) in [6, 6.07) is 6.64. The van der Waals surface area contributed by atoms with Crippen LogP contribution in [0, 0.1) is 0 Å². The first-order chi connectivity index (χ1) is 21.7. The predicted molar refractivity (Wildman–Crippen MR) is 164 cm³/mol. The van der Waals surface area contributed by atoms with Gasteiger partial charge in [0.25, 0.3) is 0 Å². The molecule has 0 spiro atoms. The Morgan fingerprint density at radius 3 is 2.49 bits per heavy atom. The zero-order chi connectivity index (χ0) is 32.6. The van der Waals surface area contributed by atoms with Crippen LogP contribution in [0.4, 0.5) is 0 Å². The van der Waals surface area contributed by atoms with Gasteiger partial charge in [0, 0.05) is 24.9 Å². The van der Waals surface area contributed by atoms with Crippen molar-refractivity contribution in [1.82, 2.24) is 36.1 Å². The van der Waals surface area contributed by atoms with Crippen LogP contribution in [-0.4, -0.2) is 105 Å². The second-order valence-electron chi connectivity index (χ2n) is 11.0. The van der Waals surface area contributed by atoms with Crippen LogP contribution < -0.4 is 27.0 Å². The Morgan fingerprint density at radius 2 is 1.82 bits per heavy atom. The number of carboxylic acid groups (broad SMARTS) is 2. The zero-order valence-electron chi connectivity index (χ0n) is 25.2. The number of aryl methyl sites for hydroxylation is 1. The summed E-state index contributed by atoms with van der Waals surface area (Å²) in [4.78, 5) is 69.7. The molecule has 0 aliphatic carbocycles. The number of hydrogen-bond donors (Lipinski definition) is 8. The molecule has 1 saturated heterocycles. The standard InChI is InChI=1S/C30H44N8O7/c31-16-26(39)34-18-27(40)37-25(15-21-17-32-19-35-21)33-13-5-4-9-22(28(41)38-14-6-10-24(38)30(44)45)36-23(29(42)43)12-11-20-7-2-1-3-8-20/h1-3,7-8,17,19,22-25,33,36H,4-6,9-16,18,31H2,(H,32,35)(H,34,39)(H,37,40)(H,42,43)(H,44,45)/t22-,23-,24-,25?/m0/s1. The van der Waals surface area contributed by atoms with Crippen LogP contribution in [0.5, 0.6) is 0 Å². The lowest BCUT2D eigenvalue weighted by Gasteiger charge is -2.29.